The minimum Gasteiger partial charge on any atom is -0.454 e. The summed E-state index contributed by atoms with van der Waals surface area (Å²) in [6.07, 6.45) is 7.79. The van der Waals surface area contributed by atoms with Crippen molar-refractivity contribution in [2.75, 3.05) is 26.4 Å². The quantitative estimate of drug-likeness (QED) is 0.293. The van der Waals surface area contributed by atoms with Gasteiger partial charge in [0.2, 0.25) is 6.79 Å². The smallest absolute Gasteiger partial charge is 0.308 e. The molecule has 5 heterocycles. The summed E-state index contributed by atoms with van der Waals surface area (Å²) >= 11 is 0. The normalized spacial score (nSPS) is 26.5. The Labute approximate surface area is 255 Å². The number of fused-ring (bicyclic) bond motifs is 7. The zero-order valence-electron chi connectivity index (χ0n) is 25.2. The van der Waals surface area contributed by atoms with E-state index in [4.69, 9.17) is 19.2 Å². The first kappa shape index (κ1) is 26.7. The molecule has 3 aromatic rings. The molecule has 0 bridgehead atoms. The lowest BCUT2D eigenvalue weighted by Gasteiger charge is -2.29. The molecule has 0 N–H and O–H groups in total. The molecule has 3 atom stereocenters. The molecule has 9 heteroatoms. The summed E-state index contributed by atoms with van der Waals surface area (Å²) in [4.78, 5) is 48.5. The van der Waals surface area contributed by atoms with Crippen molar-refractivity contribution in [3.63, 3.8) is 0 Å². The van der Waals surface area contributed by atoms with Crippen LogP contribution in [0.15, 0.2) is 23.0 Å². The number of benzene rings is 1. The number of pyridine rings is 2. The number of hydrogen-bond donors (Lipinski definition) is 0. The SMILES string of the molecule is CCC1(OC(=O)CCN2CC3CCCC3C2)C(=O)Cc2c1cc1n(c2=O)Cc2c-1nc1cc3c(cc1c2C1CCC1)OCO3. The lowest BCUT2D eigenvalue weighted by Crippen LogP contribution is -2.38. The van der Waals surface area contributed by atoms with Crippen molar-refractivity contribution >= 4 is 22.7 Å². The molecule has 3 unspecified atom stereocenters. The molecular formula is C35H37N3O6. The topological polar surface area (TPSA) is 100.0 Å². The molecule has 44 heavy (non-hydrogen) atoms. The predicted octanol–water partition coefficient (Wildman–Crippen LogP) is 4.82. The molecule has 6 aliphatic rings. The maximum absolute atomic E-state index is 14.1. The van der Waals surface area contributed by atoms with Crippen LogP contribution in [0.3, 0.4) is 0 Å². The summed E-state index contributed by atoms with van der Waals surface area (Å²) in [7, 11) is 0. The maximum Gasteiger partial charge on any atom is 0.308 e. The van der Waals surface area contributed by atoms with Gasteiger partial charge in [0.05, 0.1) is 29.9 Å². The van der Waals surface area contributed by atoms with E-state index in [1.165, 1.54) is 31.2 Å². The molecular weight excluding hydrogens is 558 g/mol. The number of carbonyl (C=O) groups excluding carboxylic acids is 2. The third-order valence-corrected chi connectivity index (χ3v) is 11.5. The van der Waals surface area contributed by atoms with E-state index in [9.17, 15) is 14.4 Å². The number of ketones is 1. The zero-order chi connectivity index (χ0) is 29.7. The number of Topliss-reactive ketones (excluding diaryl/α,β-unsaturated/α-hetero) is 1. The van der Waals surface area contributed by atoms with Crippen molar-refractivity contribution in [2.45, 2.75) is 82.8 Å². The molecule has 3 aliphatic heterocycles. The largest absolute Gasteiger partial charge is 0.454 e. The van der Waals surface area contributed by atoms with Crippen molar-refractivity contribution in [3.05, 3.63) is 50.8 Å². The fraction of sp³-hybridized carbons (Fsp3) is 0.543. The van der Waals surface area contributed by atoms with Crippen LogP contribution in [0.25, 0.3) is 22.3 Å². The van der Waals surface area contributed by atoms with Gasteiger partial charge in [-0.2, -0.15) is 0 Å². The summed E-state index contributed by atoms with van der Waals surface area (Å²) in [5.41, 5.74) is 3.95. The fourth-order valence-corrected chi connectivity index (χ4v) is 9.02. The van der Waals surface area contributed by atoms with Crippen LogP contribution < -0.4 is 15.0 Å². The van der Waals surface area contributed by atoms with Gasteiger partial charge in [0.25, 0.3) is 5.56 Å². The van der Waals surface area contributed by atoms with Crippen LogP contribution in [-0.4, -0.2) is 52.6 Å². The van der Waals surface area contributed by atoms with E-state index in [1.54, 1.807) is 4.57 Å². The van der Waals surface area contributed by atoms with Gasteiger partial charge in [-0.25, -0.2) is 4.98 Å². The van der Waals surface area contributed by atoms with E-state index >= 15 is 0 Å². The van der Waals surface area contributed by atoms with Crippen LogP contribution >= 0.6 is 0 Å². The first-order valence-electron chi connectivity index (χ1n) is 16.4. The summed E-state index contributed by atoms with van der Waals surface area (Å²) in [5, 5.41) is 1.06. The van der Waals surface area contributed by atoms with Crippen molar-refractivity contribution in [3.8, 4) is 22.9 Å². The molecule has 2 aromatic heterocycles. The van der Waals surface area contributed by atoms with Crippen molar-refractivity contribution in [1.29, 1.82) is 0 Å². The average Bonchev–Trinajstić information content (AvgIpc) is 3.80. The number of aromatic nitrogens is 2. The highest BCUT2D eigenvalue weighted by Crippen LogP contribution is 2.49. The zero-order valence-corrected chi connectivity index (χ0v) is 25.2. The standard InChI is InChI=1S/C35H37N3O6/c1-2-35(44-31(40)9-10-37-15-20-7-4-8-21(20)16-37)25-13-27-33-24(17-38(27)34(41)22(25)12-30(35)39)32(19-5-3-6-19)23-11-28-29(43-18-42-28)14-26(23)36-33/h11,13-14,19-21H,2-10,12,15-18H2,1H3. The Kier molecular flexibility index (Phi) is 5.84. The van der Waals surface area contributed by atoms with Gasteiger partial charge in [-0.1, -0.05) is 19.8 Å². The van der Waals surface area contributed by atoms with E-state index in [-0.39, 0.29) is 43.4 Å². The molecule has 0 radical (unpaired) electrons. The number of rotatable bonds is 6. The van der Waals surface area contributed by atoms with Crippen LogP contribution in [-0.2, 0) is 32.9 Å². The highest BCUT2D eigenvalue weighted by Gasteiger charge is 2.51. The summed E-state index contributed by atoms with van der Waals surface area (Å²) in [6, 6.07) is 5.89. The van der Waals surface area contributed by atoms with Crippen molar-refractivity contribution < 1.29 is 23.8 Å². The second-order valence-electron chi connectivity index (χ2n) is 13.7. The van der Waals surface area contributed by atoms with Crippen LogP contribution in [0.5, 0.6) is 11.5 Å². The van der Waals surface area contributed by atoms with Gasteiger partial charge in [-0.15, -0.1) is 0 Å². The monoisotopic (exact) mass is 595 g/mol. The minimum absolute atomic E-state index is 0.0202. The number of esters is 1. The van der Waals surface area contributed by atoms with Crippen LogP contribution in [0, 0.1) is 11.8 Å². The second kappa shape index (κ2) is 9.64. The summed E-state index contributed by atoms with van der Waals surface area (Å²) in [6.45, 7) is 5.22. The third-order valence-electron chi connectivity index (χ3n) is 11.5. The highest BCUT2D eigenvalue weighted by atomic mass is 16.7. The van der Waals surface area contributed by atoms with Gasteiger partial charge < -0.3 is 23.7 Å². The fourth-order valence-electron chi connectivity index (χ4n) is 9.02. The van der Waals surface area contributed by atoms with Gasteiger partial charge in [-0.05, 0) is 67.6 Å². The molecule has 9 rings (SSSR count). The number of carbonyl (C=O) groups is 2. The van der Waals surface area contributed by atoms with Gasteiger partial charge in [-0.3, -0.25) is 14.4 Å². The van der Waals surface area contributed by atoms with Gasteiger partial charge in [0.1, 0.15) is 0 Å². The Balaban J connectivity index is 1.09. The Morgan fingerprint density at radius 3 is 2.50 bits per heavy atom. The Hall–Kier alpha value is -3.72. The van der Waals surface area contributed by atoms with Crippen molar-refractivity contribution in [1.82, 2.24) is 14.5 Å². The van der Waals surface area contributed by atoms with Gasteiger partial charge >= 0.3 is 5.97 Å². The second-order valence-corrected chi connectivity index (χ2v) is 13.7. The van der Waals surface area contributed by atoms with E-state index in [0.717, 1.165) is 65.7 Å². The number of ether oxygens (including phenoxy) is 3. The third kappa shape index (κ3) is 3.74. The van der Waals surface area contributed by atoms with E-state index in [0.29, 0.717) is 41.6 Å². The molecule has 3 fully saturated rings. The van der Waals surface area contributed by atoms with E-state index < -0.39 is 5.60 Å². The Morgan fingerprint density at radius 1 is 1.02 bits per heavy atom. The first-order valence-corrected chi connectivity index (χ1v) is 16.4. The average molecular weight is 596 g/mol. The Morgan fingerprint density at radius 2 is 1.77 bits per heavy atom. The summed E-state index contributed by atoms with van der Waals surface area (Å²) < 4.78 is 19.3. The minimum atomic E-state index is -1.44. The molecule has 2 saturated carbocycles. The van der Waals surface area contributed by atoms with Gasteiger partial charge in [0.15, 0.2) is 22.9 Å². The molecule has 1 aromatic carbocycles. The van der Waals surface area contributed by atoms with Crippen LogP contribution in [0.4, 0.5) is 0 Å². The molecule has 0 amide bonds. The van der Waals surface area contributed by atoms with Crippen molar-refractivity contribution in [2.24, 2.45) is 11.8 Å². The number of nitrogens with zero attached hydrogens (tertiary/aromatic N) is 3. The highest BCUT2D eigenvalue weighted by molar-refractivity contribution is 5.98. The van der Waals surface area contributed by atoms with Crippen LogP contribution in [0.1, 0.15) is 86.5 Å². The molecule has 9 nitrogen and oxygen atoms in total. The van der Waals surface area contributed by atoms with E-state index in [2.05, 4.69) is 4.90 Å². The lowest BCUT2D eigenvalue weighted by molar-refractivity contribution is -0.168. The maximum atomic E-state index is 14.1. The molecule has 228 valence electrons. The number of likely N-dealkylation sites (tertiary alicyclic amines) is 1. The Bertz CT molecular complexity index is 1810. The lowest BCUT2D eigenvalue weighted by atomic mass is 9.76. The van der Waals surface area contributed by atoms with E-state index in [1.807, 2.05) is 25.1 Å². The molecule has 1 saturated heterocycles. The molecule has 0 spiro atoms. The summed E-state index contributed by atoms with van der Waals surface area (Å²) in [5.74, 6) is 2.73. The molecule has 3 aliphatic carbocycles. The predicted molar refractivity (Wildman–Crippen MR) is 162 cm³/mol. The number of hydrogen-bond acceptors (Lipinski definition) is 8. The van der Waals surface area contributed by atoms with Gasteiger partial charge in [0, 0.05) is 54.2 Å². The first-order chi connectivity index (χ1) is 21.4. The van der Waals surface area contributed by atoms with Crippen LogP contribution in [0.2, 0.25) is 0 Å².